The number of hydrogen-bond donors (Lipinski definition) is 0. The van der Waals surface area contributed by atoms with E-state index in [0.29, 0.717) is 6.54 Å². The van der Waals surface area contributed by atoms with Crippen molar-refractivity contribution in [2.24, 2.45) is 4.99 Å². The predicted octanol–water partition coefficient (Wildman–Crippen LogP) is 2.34. The first-order chi connectivity index (χ1) is 7.67. The summed E-state index contributed by atoms with van der Waals surface area (Å²) < 4.78 is 10.1. The summed E-state index contributed by atoms with van der Waals surface area (Å²) in [7, 11) is 3.22. The number of nitrogens with zero attached hydrogens (tertiary/aromatic N) is 1. The van der Waals surface area contributed by atoms with E-state index in [4.69, 9.17) is 9.47 Å². The van der Waals surface area contributed by atoms with Crippen molar-refractivity contribution in [2.75, 3.05) is 20.8 Å². The molecule has 0 radical (unpaired) electrons. The van der Waals surface area contributed by atoms with Crippen LogP contribution in [0.2, 0.25) is 0 Å². The first-order valence-electron chi connectivity index (χ1n) is 5.30. The number of aliphatic imine (C=N–C) groups is 1. The molecular weight excluding hydrogens is 202 g/mol. The number of ether oxygens (including phenoxy) is 2. The van der Waals surface area contributed by atoms with Crippen molar-refractivity contribution in [3.63, 3.8) is 0 Å². The first-order valence-corrected chi connectivity index (χ1v) is 5.30. The Hall–Kier alpha value is -1.19. The Bertz CT molecular complexity index is 357. The van der Waals surface area contributed by atoms with Gasteiger partial charge in [-0.05, 0) is 25.0 Å². The molecule has 0 heterocycles. The topological polar surface area (TPSA) is 30.8 Å². The molecule has 16 heavy (non-hydrogen) atoms. The Balaban J connectivity index is 2.62. The third kappa shape index (κ3) is 3.76. The van der Waals surface area contributed by atoms with E-state index in [0.717, 1.165) is 5.56 Å². The predicted molar refractivity (Wildman–Crippen MR) is 66.2 cm³/mol. The van der Waals surface area contributed by atoms with Crippen LogP contribution in [0.4, 0.5) is 0 Å². The standard InChI is InChI=1S/C13H19NO2/c1-10-5-6-12(11(2)7-10)8-14-9-13(15-3)16-4/h5-8,13H,9H2,1-4H3/b14-8+. The molecule has 0 amide bonds. The van der Waals surface area contributed by atoms with E-state index in [1.165, 1.54) is 11.1 Å². The Labute approximate surface area is 97.1 Å². The van der Waals surface area contributed by atoms with Crippen molar-refractivity contribution in [2.45, 2.75) is 20.1 Å². The number of rotatable bonds is 5. The zero-order valence-corrected chi connectivity index (χ0v) is 10.4. The van der Waals surface area contributed by atoms with Crippen LogP contribution in [0.3, 0.4) is 0 Å². The number of methoxy groups -OCH3 is 2. The van der Waals surface area contributed by atoms with Gasteiger partial charge in [0.1, 0.15) is 0 Å². The molecule has 3 nitrogen and oxygen atoms in total. The van der Waals surface area contributed by atoms with Crippen molar-refractivity contribution >= 4 is 6.21 Å². The van der Waals surface area contributed by atoms with E-state index < -0.39 is 0 Å². The van der Waals surface area contributed by atoms with E-state index in [1.54, 1.807) is 14.2 Å². The second kappa shape index (κ2) is 6.40. The monoisotopic (exact) mass is 221 g/mol. The molecule has 0 atom stereocenters. The summed E-state index contributed by atoms with van der Waals surface area (Å²) in [6, 6.07) is 6.30. The molecule has 0 saturated heterocycles. The molecule has 1 aromatic carbocycles. The summed E-state index contributed by atoms with van der Waals surface area (Å²) in [5.74, 6) is 0. The maximum Gasteiger partial charge on any atom is 0.176 e. The Morgan fingerprint density at radius 1 is 1.25 bits per heavy atom. The zero-order chi connectivity index (χ0) is 12.0. The van der Waals surface area contributed by atoms with Gasteiger partial charge in [-0.1, -0.05) is 23.8 Å². The van der Waals surface area contributed by atoms with Gasteiger partial charge in [0.2, 0.25) is 0 Å². The molecular formula is C13H19NO2. The number of aryl methyl sites for hydroxylation is 2. The molecule has 0 unspecified atom stereocenters. The van der Waals surface area contributed by atoms with Crippen LogP contribution in [0, 0.1) is 13.8 Å². The molecule has 0 N–H and O–H groups in total. The van der Waals surface area contributed by atoms with Crippen LogP contribution < -0.4 is 0 Å². The molecule has 0 spiro atoms. The molecule has 1 aromatic rings. The number of benzene rings is 1. The minimum Gasteiger partial charge on any atom is -0.354 e. The molecule has 0 aliphatic rings. The van der Waals surface area contributed by atoms with Crippen LogP contribution in [0.5, 0.6) is 0 Å². The normalized spacial score (nSPS) is 11.6. The van der Waals surface area contributed by atoms with Gasteiger partial charge in [0, 0.05) is 20.4 Å². The minimum atomic E-state index is -0.262. The van der Waals surface area contributed by atoms with E-state index in [9.17, 15) is 0 Å². The second-order valence-electron chi connectivity index (χ2n) is 3.76. The lowest BCUT2D eigenvalue weighted by atomic mass is 10.1. The summed E-state index contributed by atoms with van der Waals surface area (Å²) in [5, 5.41) is 0. The lowest BCUT2D eigenvalue weighted by Crippen LogP contribution is -2.16. The quantitative estimate of drug-likeness (QED) is 0.564. The lowest BCUT2D eigenvalue weighted by molar-refractivity contribution is -0.0936. The highest BCUT2D eigenvalue weighted by molar-refractivity contribution is 5.81. The van der Waals surface area contributed by atoms with Crippen molar-refractivity contribution < 1.29 is 9.47 Å². The smallest absolute Gasteiger partial charge is 0.176 e. The molecule has 0 aliphatic carbocycles. The minimum absolute atomic E-state index is 0.262. The lowest BCUT2D eigenvalue weighted by Gasteiger charge is -2.09. The van der Waals surface area contributed by atoms with Gasteiger partial charge < -0.3 is 9.47 Å². The van der Waals surface area contributed by atoms with E-state index in [-0.39, 0.29) is 6.29 Å². The highest BCUT2D eigenvalue weighted by Crippen LogP contribution is 2.08. The second-order valence-corrected chi connectivity index (χ2v) is 3.76. The Morgan fingerprint density at radius 2 is 1.94 bits per heavy atom. The average Bonchev–Trinajstić information content (AvgIpc) is 2.27. The molecule has 0 saturated carbocycles. The van der Waals surface area contributed by atoms with Gasteiger partial charge in [-0.2, -0.15) is 0 Å². The third-order valence-corrected chi connectivity index (χ3v) is 2.44. The van der Waals surface area contributed by atoms with Gasteiger partial charge >= 0.3 is 0 Å². The highest BCUT2D eigenvalue weighted by atomic mass is 16.7. The van der Waals surface area contributed by atoms with E-state index >= 15 is 0 Å². The van der Waals surface area contributed by atoms with Crippen molar-refractivity contribution in [1.29, 1.82) is 0 Å². The Kier molecular flexibility index (Phi) is 5.15. The summed E-state index contributed by atoms with van der Waals surface area (Å²) in [4.78, 5) is 4.30. The van der Waals surface area contributed by atoms with Crippen molar-refractivity contribution in [3.8, 4) is 0 Å². The van der Waals surface area contributed by atoms with Gasteiger partial charge in [0.25, 0.3) is 0 Å². The van der Waals surface area contributed by atoms with Gasteiger partial charge in [-0.15, -0.1) is 0 Å². The number of hydrogen-bond acceptors (Lipinski definition) is 3. The van der Waals surface area contributed by atoms with E-state index in [2.05, 4.69) is 37.0 Å². The SMILES string of the molecule is COC(C/N=C/c1ccc(C)cc1C)OC. The summed E-state index contributed by atoms with van der Waals surface area (Å²) in [6.07, 6.45) is 1.60. The summed E-state index contributed by atoms with van der Waals surface area (Å²) in [6.45, 7) is 4.68. The fraction of sp³-hybridized carbons (Fsp3) is 0.462. The molecule has 88 valence electrons. The van der Waals surface area contributed by atoms with Gasteiger partial charge in [-0.25, -0.2) is 0 Å². The molecule has 0 aromatic heterocycles. The third-order valence-electron chi connectivity index (χ3n) is 2.44. The largest absolute Gasteiger partial charge is 0.354 e. The summed E-state index contributed by atoms with van der Waals surface area (Å²) >= 11 is 0. The summed E-state index contributed by atoms with van der Waals surface area (Å²) in [5.41, 5.74) is 3.63. The molecule has 0 fully saturated rings. The molecule has 0 bridgehead atoms. The molecule has 0 aliphatic heterocycles. The van der Waals surface area contributed by atoms with Gasteiger partial charge in [0.15, 0.2) is 6.29 Å². The Morgan fingerprint density at radius 3 is 2.50 bits per heavy atom. The first kappa shape index (κ1) is 12.9. The molecule has 3 heteroatoms. The fourth-order valence-corrected chi connectivity index (χ4v) is 1.45. The molecule has 1 rings (SSSR count). The van der Waals surface area contributed by atoms with Crippen molar-refractivity contribution in [3.05, 3.63) is 34.9 Å². The van der Waals surface area contributed by atoms with Gasteiger partial charge in [0.05, 0.1) is 6.54 Å². The average molecular weight is 221 g/mol. The van der Waals surface area contributed by atoms with E-state index in [1.807, 2.05) is 6.21 Å². The van der Waals surface area contributed by atoms with Crippen LogP contribution in [0.25, 0.3) is 0 Å². The van der Waals surface area contributed by atoms with Crippen molar-refractivity contribution in [1.82, 2.24) is 0 Å². The van der Waals surface area contributed by atoms with Crippen LogP contribution in [0.15, 0.2) is 23.2 Å². The van der Waals surface area contributed by atoms with Gasteiger partial charge in [-0.3, -0.25) is 4.99 Å². The van der Waals surface area contributed by atoms with Crippen LogP contribution in [-0.2, 0) is 9.47 Å². The maximum atomic E-state index is 5.05. The zero-order valence-electron chi connectivity index (χ0n) is 10.4. The van der Waals surface area contributed by atoms with Crippen LogP contribution >= 0.6 is 0 Å². The highest BCUT2D eigenvalue weighted by Gasteiger charge is 2.01. The fourth-order valence-electron chi connectivity index (χ4n) is 1.45. The van der Waals surface area contributed by atoms with Crippen LogP contribution in [0.1, 0.15) is 16.7 Å². The maximum absolute atomic E-state index is 5.05. The van der Waals surface area contributed by atoms with Crippen LogP contribution in [-0.4, -0.2) is 33.3 Å².